The van der Waals surface area contributed by atoms with E-state index in [0.29, 0.717) is 52.0 Å². The Kier molecular flexibility index (Phi) is 13.3. The maximum Gasteiger partial charge on any atom is 0.271 e. The van der Waals surface area contributed by atoms with Crippen molar-refractivity contribution in [1.82, 2.24) is 30.8 Å². The lowest BCUT2D eigenvalue weighted by Crippen LogP contribution is -2.55. The first kappa shape index (κ1) is 41.2. The van der Waals surface area contributed by atoms with Gasteiger partial charge in [0.1, 0.15) is 41.4 Å². The van der Waals surface area contributed by atoms with Gasteiger partial charge in [0.25, 0.3) is 11.8 Å². The Bertz CT molecular complexity index is 1940. The third-order valence-corrected chi connectivity index (χ3v) is 12.3. The summed E-state index contributed by atoms with van der Waals surface area (Å²) in [6.07, 6.45) is 10.2. The van der Waals surface area contributed by atoms with Crippen molar-refractivity contribution in [1.29, 1.82) is 5.26 Å². The lowest BCUT2D eigenvalue weighted by atomic mass is 9.85. The van der Waals surface area contributed by atoms with Gasteiger partial charge in [0.15, 0.2) is 0 Å². The van der Waals surface area contributed by atoms with Crippen LogP contribution in [0.15, 0.2) is 54.9 Å². The topological polar surface area (TPSA) is 182 Å². The van der Waals surface area contributed by atoms with Crippen LogP contribution in [0, 0.1) is 17.2 Å². The molecule has 2 unspecified atom stereocenters. The molecular weight excluding hydrogens is 760 g/mol. The van der Waals surface area contributed by atoms with Gasteiger partial charge in [-0.2, -0.15) is 5.26 Å². The summed E-state index contributed by atoms with van der Waals surface area (Å²) in [5.74, 6) is 2.00. The first-order chi connectivity index (χ1) is 28.0. The first-order valence-corrected chi connectivity index (χ1v) is 20.9. The van der Waals surface area contributed by atoms with Gasteiger partial charge in [0.2, 0.25) is 5.91 Å². The van der Waals surface area contributed by atoms with Gasteiger partial charge in [-0.15, -0.1) is 0 Å². The summed E-state index contributed by atoms with van der Waals surface area (Å²) in [5, 5.41) is 27.9. The van der Waals surface area contributed by atoms with Crippen LogP contribution in [0.25, 0.3) is 0 Å². The van der Waals surface area contributed by atoms with E-state index in [1.807, 2.05) is 12.1 Å². The maximum atomic E-state index is 13.0. The second kappa shape index (κ2) is 18.7. The Labute approximate surface area is 344 Å². The molecule has 2 aliphatic heterocycles. The molecule has 2 atom stereocenters. The maximum absolute atomic E-state index is 13.0. The number of amides is 3. The predicted octanol–water partition coefficient (Wildman–Crippen LogP) is 4.99. The summed E-state index contributed by atoms with van der Waals surface area (Å²) in [6.45, 7) is 7.33. The molecule has 1 aromatic heterocycles. The van der Waals surface area contributed by atoms with Crippen molar-refractivity contribution in [3.05, 3.63) is 76.7 Å². The molecular formula is C43H53ClN8O6. The minimum absolute atomic E-state index is 0.0262. The molecule has 0 radical (unpaired) electrons. The van der Waals surface area contributed by atoms with Crippen molar-refractivity contribution >= 4 is 35.1 Å². The van der Waals surface area contributed by atoms with Gasteiger partial charge >= 0.3 is 0 Å². The number of halogens is 1. The first-order valence-electron chi connectivity index (χ1n) is 20.6. The van der Waals surface area contributed by atoms with E-state index >= 15 is 0 Å². The van der Waals surface area contributed by atoms with Crippen molar-refractivity contribution in [3.63, 3.8) is 0 Å². The third kappa shape index (κ3) is 10.4. The van der Waals surface area contributed by atoms with Crippen molar-refractivity contribution in [2.75, 3.05) is 24.5 Å². The zero-order chi connectivity index (χ0) is 40.8. The number of hydrogen-bond donors (Lipinski definition) is 4. The quantitative estimate of drug-likeness (QED) is 0.183. The number of ether oxygens (including phenoxy) is 2. The van der Waals surface area contributed by atoms with E-state index in [1.54, 1.807) is 42.7 Å². The average molecular weight is 813 g/mol. The number of anilines is 1. The number of benzene rings is 2. The normalized spacial score (nSPS) is 25.0. The van der Waals surface area contributed by atoms with Crippen LogP contribution in [-0.2, 0) is 4.79 Å². The number of nitrogens with one attached hydrogen (secondary N) is 3. The summed E-state index contributed by atoms with van der Waals surface area (Å²) in [5.41, 5.74) is 1.20. The van der Waals surface area contributed by atoms with E-state index in [9.17, 15) is 19.5 Å². The molecule has 2 saturated heterocycles. The smallest absolute Gasteiger partial charge is 0.271 e. The lowest BCUT2D eigenvalue weighted by Gasteiger charge is -2.46. The number of carbonyl (C=O) groups excluding carboxylic acids is 3. The van der Waals surface area contributed by atoms with E-state index in [0.717, 1.165) is 82.6 Å². The van der Waals surface area contributed by atoms with E-state index < -0.39 is 12.3 Å². The van der Waals surface area contributed by atoms with Crippen molar-refractivity contribution in [3.8, 4) is 17.6 Å². The van der Waals surface area contributed by atoms with Gasteiger partial charge in [-0.1, -0.05) is 11.6 Å². The third-order valence-electron chi connectivity index (χ3n) is 12.0. The highest BCUT2D eigenvalue weighted by atomic mass is 35.5. The molecule has 7 rings (SSSR count). The van der Waals surface area contributed by atoms with Crippen LogP contribution < -0.4 is 30.3 Å². The molecule has 4 fully saturated rings. The second-order valence-corrected chi connectivity index (χ2v) is 16.7. The highest BCUT2D eigenvalue weighted by Crippen LogP contribution is 2.34. The molecule has 15 heteroatoms. The van der Waals surface area contributed by atoms with E-state index in [1.165, 1.54) is 0 Å². The van der Waals surface area contributed by atoms with Crippen LogP contribution in [0.1, 0.15) is 104 Å². The number of hydrogen-bond acceptors (Lipinski definition) is 11. The number of carbonyl (C=O) groups is 3. The van der Waals surface area contributed by atoms with Gasteiger partial charge in [0, 0.05) is 68.7 Å². The highest BCUT2D eigenvalue weighted by molar-refractivity contribution is 6.31. The summed E-state index contributed by atoms with van der Waals surface area (Å²) < 4.78 is 12.3. The number of piperidine rings is 2. The molecule has 14 nitrogen and oxygen atoms in total. The molecule has 0 spiro atoms. The van der Waals surface area contributed by atoms with E-state index in [2.05, 4.69) is 55.6 Å². The summed E-state index contributed by atoms with van der Waals surface area (Å²) in [6, 6.07) is 14.6. The molecule has 2 aromatic carbocycles. The number of aliphatic hydroxyl groups excluding tert-OH is 1. The van der Waals surface area contributed by atoms with Gasteiger partial charge in [-0.25, -0.2) is 9.97 Å². The number of nitriles is 1. The predicted molar refractivity (Wildman–Crippen MR) is 218 cm³/mol. The van der Waals surface area contributed by atoms with Gasteiger partial charge in [0.05, 0.1) is 35.1 Å². The highest BCUT2D eigenvalue weighted by Gasteiger charge is 2.38. The number of nitrogens with zero attached hydrogens (tertiary/aromatic N) is 5. The fraction of sp³-hybridized carbons (Fsp3) is 0.535. The molecule has 3 aromatic rings. The molecule has 4 N–H and O–H groups in total. The largest absolute Gasteiger partial charge is 0.490 e. The number of aromatic nitrogens is 2. The van der Waals surface area contributed by atoms with Crippen molar-refractivity contribution < 1.29 is 29.0 Å². The average Bonchev–Trinajstić information content (AvgIpc) is 3.20. The molecule has 0 bridgehead atoms. The fourth-order valence-corrected chi connectivity index (χ4v) is 8.64. The second-order valence-electron chi connectivity index (χ2n) is 16.3. The molecule has 308 valence electrons. The van der Waals surface area contributed by atoms with Gasteiger partial charge in [-0.3, -0.25) is 19.3 Å². The molecule has 4 aliphatic rings. The van der Waals surface area contributed by atoms with Crippen LogP contribution in [0.4, 0.5) is 5.82 Å². The van der Waals surface area contributed by atoms with Crippen LogP contribution in [-0.4, -0.2) is 99.9 Å². The summed E-state index contributed by atoms with van der Waals surface area (Å²) in [7, 11) is 0. The monoisotopic (exact) mass is 812 g/mol. The fourth-order valence-electron chi connectivity index (χ4n) is 8.43. The molecule has 3 heterocycles. The van der Waals surface area contributed by atoms with Crippen molar-refractivity contribution in [2.24, 2.45) is 5.92 Å². The Morgan fingerprint density at radius 1 is 0.948 bits per heavy atom. The number of aliphatic hydroxyl groups is 1. The Morgan fingerprint density at radius 3 is 2.29 bits per heavy atom. The van der Waals surface area contributed by atoms with Crippen LogP contribution >= 0.6 is 11.6 Å². The van der Waals surface area contributed by atoms with Crippen LogP contribution in [0.5, 0.6) is 11.5 Å². The zero-order valence-electron chi connectivity index (χ0n) is 33.1. The summed E-state index contributed by atoms with van der Waals surface area (Å²) in [4.78, 5) is 51.2. The molecule has 3 amide bonds. The van der Waals surface area contributed by atoms with Crippen LogP contribution in [0.3, 0.4) is 0 Å². The number of rotatable bonds is 13. The molecule has 2 saturated carbocycles. The van der Waals surface area contributed by atoms with E-state index in [4.69, 9.17) is 26.3 Å². The Balaban J connectivity index is 0.800. The zero-order valence-corrected chi connectivity index (χ0v) is 33.9. The summed E-state index contributed by atoms with van der Waals surface area (Å²) >= 11 is 6.15. The minimum atomic E-state index is -1.09. The van der Waals surface area contributed by atoms with Gasteiger partial charge < -0.3 is 35.4 Å². The Hall–Kier alpha value is -4.97. The van der Waals surface area contributed by atoms with Crippen molar-refractivity contribution in [2.45, 2.75) is 121 Å². The Morgan fingerprint density at radius 2 is 1.66 bits per heavy atom. The molecule has 2 aliphatic carbocycles. The lowest BCUT2D eigenvalue weighted by molar-refractivity contribution is -0.127. The minimum Gasteiger partial charge on any atom is -0.490 e. The van der Waals surface area contributed by atoms with E-state index in [-0.39, 0.29) is 42.4 Å². The van der Waals surface area contributed by atoms with Gasteiger partial charge in [-0.05, 0) is 101 Å². The standard InChI is InChI=1S/C43H53ClN8O6/c1-26(2)52(31-19-35(20-31)58-32-8-3-28(4-9-32)41(54)49-37-13-14-40(53)50-42(37)55)25-27-15-17-51(18-16-27)39-24-46-38(23-47-39)43(56)48-30-6-11-33(12-7-30)57-34-10-5-29(22-45)36(44)21-34/h3-5,8-10,21,23-24,26-27,30-31,33,35,37,42,55H,6-7,11-20,25H2,1-2H3,(H,48,56)(H,49,54)(H,50,53)/t30-,31-,33-,35-,37?,42?. The molecule has 58 heavy (non-hydrogen) atoms. The SMILES string of the molecule is CC(C)N(CC1CCN(c2cnc(C(=O)N[C@H]3CC[C@H](Oc4ccc(C#N)c(Cl)c4)CC3)cn2)CC1)[C@H]1C[C@H](Oc2ccc(C(=O)NC3CCC(=O)NC3O)cc2)C1. The van der Waals surface area contributed by atoms with Crippen LogP contribution in [0.2, 0.25) is 5.02 Å².